The highest BCUT2D eigenvalue weighted by molar-refractivity contribution is 5.97. The number of nitrogens with zero attached hydrogens (tertiary/aromatic N) is 1. The molecule has 5 atom stereocenters. The number of hydrogen-bond donors (Lipinski definition) is 4. The molecule has 38 heavy (non-hydrogen) atoms. The van der Waals surface area contributed by atoms with Gasteiger partial charge >= 0.3 is 5.97 Å². The third-order valence-electron chi connectivity index (χ3n) is 7.68. The van der Waals surface area contributed by atoms with Gasteiger partial charge in [0.25, 0.3) is 5.91 Å². The number of carbonyl (C=O) groups excluding carboxylic acids is 5. The summed E-state index contributed by atoms with van der Waals surface area (Å²) in [4.78, 5) is 65.2. The van der Waals surface area contributed by atoms with E-state index in [1.54, 1.807) is 43.1 Å². The molecule has 3 aliphatic rings. The van der Waals surface area contributed by atoms with Gasteiger partial charge in [0.15, 0.2) is 0 Å². The first-order valence-corrected chi connectivity index (χ1v) is 13.4. The van der Waals surface area contributed by atoms with E-state index in [1.165, 1.54) is 0 Å². The van der Waals surface area contributed by atoms with Crippen molar-refractivity contribution in [3.8, 4) is 0 Å². The number of ether oxygens (including phenoxy) is 1. The number of cyclic esters (lactones) is 1. The topological polar surface area (TPSA) is 146 Å². The monoisotopic (exact) mass is 527 g/mol. The van der Waals surface area contributed by atoms with E-state index in [4.69, 9.17) is 4.74 Å². The summed E-state index contributed by atoms with van der Waals surface area (Å²) in [5.74, 6) is -1.51. The zero-order valence-electron chi connectivity index (χ0n) is 22.0. The molecular formula is C27H37N5O6. The number of benzene rings is 1. The Bertz CT molecular complexity index is 1080. The van der Waals surface area contributed by atoms with Crippen LogP contribution in [0.3, 0.4) is 0 Å². The number of hydrogen-bond acceptors (Lipinski definition) is 7. The zero-order chi connectivity index (χ0) is 27.2. The van der Waals surface area contributed by atoms with Gasteiger partial charge in [0.2, 0.25) is 17.7 Å². The molecule has 0 aromatic heterocycles. The Labute approximate surface area is 222 Å². The Morgan fingerprint density at radius 2 is 1.82 bits per heavy atom. The van der Waals surface area contributed by atoms with Crippen molar-refractivity contribution in [2.45, 2.75) is 88.6 Å². The lowest BCUT2D eigenvalue weighted by Crippen LogP contribution is -2.57. The second-order valence-electron chi connectivity index (χ2n) is 10.2. The number of fused-ring (bicyclic) bond motifs is 1. The van der Waals surface area contributed by atoms with E-state index in [0.717, 1.165) is 31.2 Å². The van der Waals surface area contributed by atoms with E-state index in [1.807, 2.05) is 0 Å². The molecule has 1 aromatic carbocycles. The van der Waals surface area contributed by atoms with Crippen molar-refractivity contribution in [1.29, 1.82) is 0 Å². The molecule has 4 rings (SSSR count). The Morgan fingerprint density at radius 3 is 2.55 bits per heavy atom. The highest BCUT2D eigenvalue weighted by atomic mass is 16.5. The minimum Gasteiger partial charge on any atom is -0.464 e. The number of nitrogens with one attached hydrogen (secondary N) is 4. The summed E-state index contributed by atoms with van der Waals surface area (Å²) in [6.07, 6.45) is 4.92. The fourth-order valence-electron chi connectivity index (χ4n) is 5.35. The SMILES string of the molecule is CN[C@@H](C)C(=O)N[C@H]1CCCC[C@H]2CC[C@@H](C(=O)NCc3cccc(C(=O)N[C@H]4CCOC4=O)c3)N2C1=O. The first-order valence-electron chi connectivity index (χ1n) is 13.4. The van der Waals surface area contributed by atoms with E-state index < -0.39 is 30.1 Å². The molecule has 4 amide bonds. The van der Waals surface area contributed by atoms with E-state index in [2.05, 4.69) is 21.3 Å². The second kappa shape index (κ2) is 12.4. The van der Waals surface area contributed by atoms with Crippen LogP contribution in [0, 0.1) is 0 Å². The minimum absolute atomic E-state index is 0.0195. The van der Waals surface area contributed by atoms with Crippen LogP contribution in [0.25, 0.3) is 0 Å². The normalized spacial score (nSPS) is 26.0. The van der Waals surface area contributed by atoms with Crippen molar-refractivity contribution in [3.63, 3.8) is 0 Å². The summed E-state index contributed by atoms with van der Waals surface area (Å²) in [7, 11) is 1.69. The molecule has 0 spiro atoms. The molecule has 0 saturated carbocycles. The first kappa shape index (κ1) is 27.6. The molecule has 4 N–H and O–H groups in total. The molecule has 0 radical (unpaired) electrons. The van der Waals surface area contributed by atoms with Gasteiger partial charge in [-0.1, -0.05) is 25.0 Å². The number of amides is 4. The minimum atomic E-state index is -0.651. The second-order valence-corrected chi connectivity index (χ2v) is 10.2. The summed E-state index contributed by atoms with van der Waals surface area (Å²) < 4.78 is 4.89. The molecule has 0 aliphatic carbocycles. The summed E-state index contributed by atoms with van der Waals surface area (Å²) in [5.41, 5.74) is 1.10. The summed E-state index contributed by atoms with van der Waals surface area (Å²) in [6.45, 7) is 2.22. The van der Waals surface area contributed by atoms with Crippen molar-refractivity contribution in [2.75, 3.05) is 13.7 Å². The maximum absolute atomic E-state index is 13.5. The van der Waals surface area contributed by atoms with Crippen molar-refractivity contribution in [3.05, 3.63) is 35.4 Å². The number of rotatable bonds is 8. The van der Waals surface area contributed by atoms with E-state index in [-0.39, 0.29) is 36.2 Å². The highest BCUT2D eigenvalue weighted by Crippen LogP contribution is 2.31. The maximum atomic E-state index is 13.5. The number of carbonyl (C=O) groups is 5. The Kier molecular flexibility index (Phi) is 8.98. The Hall–Kier alpha value is -3.47. The zero-order valence-corrected chi connectivity index (χ0v) is 22.0. The maximum Gasteiger partial charge on any atom is 0.328 e. The van der Waals surface area contributed by atoms with Gasteiger partial charge < -0.3 is 30.9 Å². The van der Waals surface area contributed by atoms with Crippen LogP contribution >= 0.6 is 0 Å². The summed E-state index contributed by atoms with van der Waals surface area (Å²) >= 11 is 0. The van der Waals surface area contributed by atoms with Crippen LogP contribution in [0.2, 0.25) is 0 Å². The van der Waals surface area contributed by atoms with Crippen LogP contribution < -0.4 is 21.3 Å². The van der Waals surface area contributed by atoms with Gasteiger partial charge in [-0.3, -0.25) is 19.2 Å². The largest absolute Gasteiger partial charge is 0.464 e. The van der Waals surface area contributed by atoms with Crippen LogP contribution in [0.1, 0.15) is 67.8 Å². The third kappa shape index (κ3) is 6.32. The van der Waals surface area contributed by atoms with Gasteiger partial charge in [-0.05, 0) is 57.4 Å². The Balaban J connectivity index is 1.38. The predicted molar refractivity (Wildman–Crippen MR) is 138 cm³/mol. The lowest BCUT2D eigenvalue weighted by Gasteiger charge is -2.35. The fraction of sp³-hybridized carbons (Fsp3) is 0.593. The standard InChI is InChI=1S/C27H37N5O6/c1-16(28-2)23(33)30-20-9-4-3-8-19-10-11-22(32(19)26(20)36)25(35)29-15-17-6-5-7-18(14-17)24(34)31-21-12-13-38-27(21)37/h5-7,14,16,19-22,28H,3-4,8-13,15H2,1-2H3,(H,29,35)(H,30,33)(H,31,34)/t16-,19-,20-,21-,22-/m0/s1. The first-order chi connectivity index (χ1) is 18.3. The van der Waals surface area contributed by atoms with Gasteiger partial charge in [-0.25, -0.2) is 4.79 Å². The fourth-order valence-corrected chi connectivity index (χ4v) is 5.35. The molecule has 0 unspecified atom stereocenters. The van der Waals surface area contributed by atoms with Gasteiger partial charge in [0.1, 0.15) is 18.1 Å². The molecule has 3 heterocycles. The third-order valence-corrected chi connectivity index (χ3v) is 7.68. The van der Waals surface area contributed by atoms with Gasteiger partial charge in [-0.2, -0.15) is 0 Å². The molecule has 3 aliphatic heterocycles. The predicted octanol–water partition coefficient (Wildman–Crippen LogP) is 0.374. The Morgan fingerprint density at radius 1 is 1.03 bits per heavy atom. The van der Waals surface area contributed by atoms with Crippen LogP contribution in [0.5, 0.6) is 0 Å². The molecule has 11 heteroatoms. The van der Waals surface area contributed by atoms with Gasteiger partial charge in [0, 0.05) is 24.6 Å². The quantitative estimate of drug-likeness (QED) is 0.358. The van der Waals surface area contributed by atoms with Gasteiger partial charge in [0.05, 0.1) is 12.6 Å². The molecule has 11 nitrogen and oxygen atoms in total. The summed E-state index contributed by atoms with van der Waals surface area (Å²) in [6, 6.07) is 4.48. The molecule has 1 aromatic rings. The molecule has 0 bridgehead atoms. The molecular weight excluding hydrogens is 490 g/mol. The van der Waals surface area contributed by atoms with Crippen LogP contribution in [0.15, 0.2) is 24.3 Å². The van der Waals surface area contributed by atoms with Crippen LogP contribution in [-0.2, 0) is 30.5 Å². The smallest absolute Gasteiger partial charge is 0.328 e. The van der Waals surface area contributed by atoms with Crippen molar-refractivity contribution in [2.24, 2.45) is 0 Å². The average Bonchev–Trinajstić information content (AvgIpc) is 3.52. The van der Waals surface area contributed by atoms with E-state index in [0.29, 0.717) is 31.4 Å². The van der Waals surface area contributed by atoms with Crippen LogP contribution in [0.4, 0.5) is 0 Å². The number of likely N-dealkylation sites (N-methyl/N-ethyl adjacent to an activating group) is 1. The summed E-state index contributed by atoms with van der Waals surface area (Å²) in [5, 5.41) is 11.4. The lowest BCUT2D eigenvalue weighted by atomic mass is 9.98. The lowest BCUT2D eigenvalue weighted by molar-refractivity contribution is -0.144. The average molecular weight is 528 g/mol. The highest BCUT2D eigenvalue weighted by Gasteiger charge is 2.43. The van der Waals surface area contributed by atoms with E-state index >= 15 is 0 Å². The number of esters is 1. The van der Waals surface area contributed by atoms with Crippen LogP contribution in [-0.4, -0.2) is 78.4 Å². The van der Waals surface area contributed by atoms with E-state index in [9.17, 15) is 24.0 Å². The molecule has 206 valence electrons. The van der Waals surface area contributed by atoms with Crippen molar-refractivity contribution < 1.29 is 28.7 Å². The van der Waals surface area contributed by atoms with Crippen molar-refractivity contribution in [1.82, 2.24) is 26.2 Å². The van der Waals surface area contributed by atoms with Gasteiger partial charge in [-0.15, -0.1) is 0 Å². The van der Waals surface area contributed by atoms with Crippen molar-refractivity contribution >= 4 is 29.6 Å². The molecule has 3 saturated heterocycles. The molecule has 3 fully saturated rings.